The molecule has 92 valence electrons. The lowest BCUT2D eigenvalue weighted by molar-refractivity contribution is -0.118. The summed E-state index contributed by atoms with van der Waals surface area (Å²) in [7, 11) is 1.69. The van der Waals surface area contributed by atoms with Crippen molar-refractivity contribution in [1.29, 1.82) is 0 Å². The van der Waals surface area contributed by atoms with Gasteiger partial charge in [-0.15, -0.1) is 0 Å². The van der Waals surface area contributed by atoms with E-state index in [4.69, 9.17) is 4.74 Å². The standard InChI is InChI=1S/C16H16O2/c1-10-15-6-4-13(17)8-12(15)7-11-3-5-14(18-2)9-16(10)11/h3,5,7,9H,4,6,8H2,1-2H3. The second-order valence-electron chi connectivity index (χ2n) is 4.94. The van der Waals surface area contributed by atoms with Gasteiger partial charge in [0.2, 0.25) is 0 Å². The highest BCUT2D eigenvalue weighted by molar-refractivity contribution is 5.92. The number of carbonyl (C=O) groups excluding carboxylic acids is 1. The van der Waals surface area contributed by atoms with Crippen molar-refractivity contribution < 1.29 is 9.53 Å². The molecule has 2 heteroatoms. The normalized spacial score (nSPS) is 14.7. The molecule has 1 aliphatic carbocycles. The van der Waals surface area contributed by atoms with Crippen LogP contribution in [0.15, 0.2) is 24.3 Å². The summed E-state index contributed by atoms with van der Waals surface area (Å²) in [6, 6.07) is 8.29. The fraction of sp³-hybridized carbons (Fsp3) is 0.312. The Labute approximate surface area is 107 Å². The number of fused-ring (bicyclic) bond motifs is 2. The van der Waals surface area contributed by atoms with Crippen molar-refractivity contribution >= 4 is 16.6 Å². The van der Waals surface area contributed by atoms with Gasteiger partial charge in [0, 0.05) is 12.8 Å². The topological polar surface area (TPSA) is 26.3 Å². The highest BCUT2D eigenvalue weighted by Crippen LogP contribution is 2.31. The lowest BCUT2D eigenvalue weighted by atomic mass is 9.85. The van der Waals surface area contributed by atoms with Crippen LogP contribution in [0.5, 0.6) is 5.75 Å². The maximum absolute atomic E-state index is 11.6. The summed E-state index contributed by atoms with van der Waals surface area (Å²) in [6.07, 6.45) is 2.16. The molecule has 0 aliphatic heterocycles. The predicted octanol–water partition coefficient (Wildman–Crippen LogP) is 3.21. The number of methoxy groups -OCH3 is 1. The van der Waals surface area contributed by atoms with Gasteiger partial charge in [-0.05, 0) is 52.9 Å². The summed E-state index contributed by atoms with van der Waals surface area (Å²) in [6.45, 7) is 2.15. The van der Waals surface area contributed by atoms with Crippen molar-refractivity contribution in [3.63, 3.8) is 0 Å². The number of ketones is 1. The summed E-state index contributed by atoms with van der Waals surface area (Å²) in [5.41, 5.74) is 3.87. The van der Waals surface area contributed by atoms with Gasteiger partial charge in [0.05, 0.1) is 7.11 Å². The predicted molar refractivity (Wildman–Crippen MR) is 72.3 cm³/mol. The summed E-state index contributed by atoms with van der Waals surface area (Å²) in [5.74, 6) is 1.24. The Morgan fingerprint density at radius 2 is 2.00 bits per heavy atom. The van der Waals surface area contributed by atoms with E-state index >= 15 is 0 Å². The molecular weight excluding hydrogens is 224 g/mol. The number of rotatable bonds is 1. The lowest BCUT2D eigenvalue weighted by Gasteiger charge is -2.19. The minimum atomic E-state index is 0.356. The van der Waals surface area contributed by atoms with E-state index in [-0.39, 0.29) is 0 Å². The van der Waals surface area contributed by atoms with Gasteiger partial charge in [-0.1, -0.05) is 12.1 Å². The highest BCUT2D eigenvalue weighted by Gasteiger charge is 2.18. The molecule has 0 saturated carbocycles. The third kappa shape index (κ3) is 1.69. The molecule has 1 aliphatic rings. The van der Waals surface area contributed by atoms with Gasteiger partial charge in [-0.3, -0.25) is 4.79 Å². The number of hydrogen-bond donors (Lipinski definition) is 0. The first kappa shape index (κ1) is 11.3. The van der Waals surface area contributed by atoms with Gasteiger partial charge < -0.3 is 4.74 Å². The molecule has 0 amide bonds. The molecule has 2 aromatic rings. The van der Waals surface area contributed by atoms with E-state index in [1.54, 1.807) is 7.11 Å². The smallest absolute Gasteiger partial charge is 0.137 e. The Kier molecular flexibility index (Phi) is 2.58. The van der Waals surface area contributed by atoms with Crippen LogP contribution in [0.1, 0.15) is 23.1 Å². The summed E-state index contributed by atoms with van der Waals surface area (Å²) >= 11 is 0. The SMILES string of the molecule is COc1ccc2cc3c(c(C)c2c1)CCC(=O)C3. The second kappa shape index (κ2) is 4.13. The van der Waals surface area contributed by atoms with Gasteiger partial charge in [0.15, 0.2) is 0 Å². The molecule has 0 spiro atoms. The Bertz CT molecular complexity index is 641. The fourth-order valence-electron chi connectivity index (χ4n) is 2.86. The van der Waals surface area contributed by atoms with E-state index in [1.165, 1.54) is 27.5 Å². The summed E-state index contributed by atoms with van der Waals surface area (Å²) in [5, 5.41) is 2.43. The molecule has 2 nitrogen and oxygen atoms in total. The van der Waals surface area contributed by atoms with E-state index in [1.807, 2.05) is 6.07 Å². The second-order valence-corrected chi connectivity index (χ2v) is 4.94. The minimum Gasteiger partial charge on any atom is -0.497 e. The molecule has 0 radical (unpaired) electrons. The minimum absolute atomic E-state index is 0.356. The fourth-order valence-corrected chi connectivity index (χ4v) is 2.86. The quantitative estimate of drug-likeness (QED) is 0.765. The summed E-state index contributed by atoms with van der Waals surface area (Å²) < 4.78 is 5.28. The number of ether oxygens (including phenoxy) is 1. The molecule has 18 heavy (non-hydrogen) atoms. The molecule has 0 fully saturated rings. The van der Waals surface area contributed by atoms with Crippen LogP contribution in [-0.4, -0.2) is 12.9 Å². The van der Waals surface area contributed by atoms with E-state index in [0.29, 0.717) is 18.6 Å². The lowest BCUT2D eigenvalue weighted by Crippen LogP contribution is -2.14. The van der Waals surface area contributed by atoms with Crippen molar-refractivity contribution in [1.82, 2.24) is 0 Å². The van der Waals surface area contributed by atoms with Gasteiger partial charge >= 0.3 is 0 Å². The molecule has 0 saturated heterocycles. The zero-order valence-electron chi connectivity index (χ0n) is 10.7. The van der Waals surface area contributed by atoms with Crippen molar-refractivity contribution in [2.45, 2.75) is 26.2 Å². The zero-order valence-corrected chi connectivity index (χ0v) is 10.7. The third-order valence-electron chi connectivity index (χ3n) is 3.88. The molecule has 0 N–H and O–H groups in total. The van der Waals surface area contributed by atoms with Crippen LogP contribution < -0.4 is 4.74 Å². The first-order valence-electron chi connectivity index (χ1n) is 6.30. The van der Waals surface area contributed by atoms with Crippen LogP contribution in [0.25, 0.3) is 10.8 Å². The molecular formula is C16H16O2. The number of Topliss-reactive ketones (excluding diaryl/α,β-unsaturated/α-hetero) is 1. The van der Waals surface area contributed by atoms with Crippen LogP contribution in [0, 0.1) is 6.92 Å². The van der Waals surface area contributed by atoms with Gasteiger partial charge in [-0.2, -0.15) is 0 Å². The Morgan fingerprint density at radius 1 is 1.17 bits per heavy atom. The zero-order chi connectivity index (χ0) is 12.7. The first-order valence-corrected chi connectivity index (χ1v) is 6.30. The number of carbonyl (C=O) groups is 1. The van der Waals surface area contributed by atoms with Gasteiger partial charge in [0.1, 0.15) is 11.5 Å². The van der Waals surface area contributed by atoms with Crippen LogP contribution >= 0.6 is 0 Å². The van der Waals surface area contributed by atoms with Crippen LogP contribution in [0.4, 0.5) is 0 Å². The molecule has 0 unspecified atom stereocenters. The average molecular weight is 240 g/mol. The molecule has 0 bridgehead atoms. The Morgan fingerprint density at radius 3 is 2.78 bits per heavy atom. The van der Waals surface area contributed by atoms with Crippen molar-refractivity contribution in [3.05, 3.63) is 41.0 Å². The van der Waals surface area contributed by atoms with E-state index in [0.717, 1.165) is 12.2 Å². The van der Waals surface area contributed by atoms with Crippen molar-refractivity contribution in [2.24, 2.45) is 0 Å². The number of aryl methyl sites for hydroxylation is 1. The maximum atomic E-state index is 11.6. The highest BCUT2D eigenvalue weighted by atomic mass is 16.5. The Hall–Kier alpha value is -1.83. The number of benzene rings is 2. The van der Waals surface area contributed by atoms with Crippen molar-refractivity contribution in [3.8, 4) is 5.75 Å². The largest absolute Gasteiger partial charge is 0.497 e. The molecule has 2 aromatic carbocycles. The molecule has 0 atom stereocenters. The van der Waals surface area contributed by atoms with Crippen LogP contribution in [0.3, 0.4) is 0 Å². The average Bonchev–Trinajstić information content (AvgIpc) is 2.38. The van der Waals surface area contributed by atoms with Gasteiger partial charge in [0.25, 0.3) is 0 Å². The third-order valence-corrected chi connectivity index (χ3v) is 3.88. The van der Waals surface area contributed by atoms with E-state index in [9.17, 15) is 4.79 Å². The van der Waals surface area contributed by atoms with Gasteiger partial charge in [-0.25, -0.2) is 0 Å². The van der Waals surface area contributed by atoms with Crippen molar-refractivity contribution in [2.75, 3.05) is 7.11 Å². The summed E-state index contributed by atoms with van der Waals surface area (Å²) in [4.78, 5) is 11.6. The van der Waals surface area contributed by atoms with Crippen LogP contribution in [-0.2, 0) is 17.6 Å². The van der Waals surface area contributed by atoms with Crippen LogP contribution in [0.2, 0.25) is 0 Å². The molecule has 3 rings (SSSR count). The monoisotopic (exact) mass is 240 g/mol. The molecule has 0 aromatic heterocycles. The Balaban J connectivity index is 2.26. The number of hydrogen-bond acceptors (Lipinski definition) is 2. The van der Waals surface area contributed by atoms with E-state index in [2.05, 4.69) is 25.1 Å². The molecule has 0 heterocycles. The maximum Gasteiger partial charge on any atom is 0.137 e. The van der Waals surface area contributed by atoms with E-state index < -0.39 is 0 Å². The first-order chi connectivity index (χ1) is 8.69.